The standard InChI is InChI=1S/C21H23NO4/c1-13(2)20(24)22-18-9-7-16(8-10-18)21(25)26-12-19(23)17-6-5-14(3)15(4)11-17/h5-11,13H,12H2,1-4H3,(H,22,24). The summed E-state index contributed by atoms with van der Waals surface area (Å²) in [7, 11) is 0. The second kappa shape index (κ2) is 8.43. The summed E-state index contributed by atoms with van der Waals surface area (Å²) in [6.07, 6.45) is 0. The Kier molecular flexibility index (Phi) is 6.28. The van der Waals surface area contributed by atoms with Crippen LogP contribution in [0.2, 0.25) is 0 Å². The number of ether oxygens (including phenoxy) is 1. The van der Waals surface area contributed by atoms with Crippen LogP contribution in [-0.4, -0.2) is 24.3 Å². The maximum atomic E-state index is 12.2. The van der Waals surface area contributed by atoms with E-state index in [2.05, 4.69) is 5.32 Å². The van der Waals surface area contributed by atoms with Crippen molar-refractivity contribution < 1.29 is 19.1 Å². The summed E-state index contributed by atoms with van der Waals surface area (Å²) in [4.78, 5) is 35.9. The van der Waals surface area contributed by atoms with Gasteiger partial charge in [0.05, 0.1) is 5.56 Å². The number of esters is 1. The molecule has 0 fully saturated rings. The number of hydrogen-bond acceptors (Lipinski definition) is 4. The Bertz CT molecular complexity index is 822. The van der Waals surface area contributed by atoms with E-state index in [1.54, 1.807) is 50.2 Å². The summed E-state index contributed by atoms with van der Waals surface area (Å²) in [6.45, 7) is 7.18. The predicted molar refractivity (Wildman–Crippen MR) is 100 cm³/mol. The van der Waals surface area contributed by atoms with Crippen molar-refractivity contribution in [2.75, 3.05) is 11.9 Å². The lowest BCUT2D eigenvalue weighted by Crippen LogP contribution is -2.18. The van der Waals surface area contributed by atoms with Crippen molar-refractivity contribution in [2.45, 2.75) is 27.7 Å². The third-order valence-corrected chi connectivity index (χ3v) is 4.08. The van der Waals surface area contributed by atoms with Crippen molar-refractivity contribution in [3.8, 4) is 0 Å². The Labute approximate surface area is 153 Å². The van der Waals surface area contributed by atoms with E-state index >= 15 is 0 Å². The monoisotopic (exact) mass is 353 g/mol. The van der Waals surface area contributed by atoms with Crippen molar-refractivity contribution in [3.05, 3.63) is 64.7 Å². The topological polar surface area (TPSA) is 72.5 Å². The average molecular weight is 353 g/mol. The van der Waals surface area contributed by atoms with Crippen LogP contribution in [0.25, 0.3) is 0 Å². The second-order valence-corrected chi connectivity index (χ2v) is 6.52. The quantitative estimate of drug-likeness (QED) is 0.631. The maximum absolute atomic E-state index is 12.2. The lowest BCUT2D eigenvalue weighted by molar-refractivity contribution is -0.118. The minimum absolute atomic E-state index is 0.0979. The molecule has 2 aromatic rings. The summed E-state index contributed by atoms with van der Waals surface area (Å²) in [6, 6.07) is 11.7. The van der Waals surface area contributed by atoms with Gasteiger partial charge in [0.25, 0.3) is 0 Å². The molecule has 0 bridgehead atoms. The molecular formula is C21H23NO4. The van der Waals surface area contributed by atoms with Crippen molar-refractivity contribution in [2.24, 2.45) is 5.92 Å². The van der Waals surface area contributed by atoms with Crippen LogP contribution in [0, 0.1) is 19.8 Å². The molecule has 0 heterocycles. The molecule has 1 amide bonds. The van der Waals surface area contributed by atoms with Crippen LogP contribution in [0.1, 0.15) is 45.7 Å². The minimum atomic E-state index is -0.580. The Balaban J connectivity index is 1.94. The first kappa shape index (κ1) is 19.4. The number of rotatable bonds is 6. The number of nitrogens with one attached hydrogen (secondary N) is 1. The molecule has 2 rings (SSSR count). The van der Waals surface area contributed by atoms with Crippen LogP contribution >= 0.6 is 0 Å². The summed E-state index contributed by atoms with van der Waals surface area (Å²) in [5.74, 6) is -1.05. The molecule has 5 heteroatoms. The minimum Gasteiger partial charge on any atom is -0.454 e. The molecule has 5 nitrogen and oxygen atoms in total. The number of carbonyl (C=O) groups is 3. The van der Waals surface area contributed by atoms with E-state index in [0.29, 0.717) is 16.8 Å². The first-order valence-electron chi connectivity index (χ1n) is 8.46. The van der Waals surface area contributed by atoms with Gasteiger partial charge >= 0.3 is 5.97 Å². The average Bonchev–Trinajstić information content (AvgIpc) is 2.62. The zero-order valence-corrected chi connectivity index (χ0v) is 15.5. The van der Waals surface area contributed by atoms with Crippen molar-refractivity contribution >= 4 is 23.3 Å². The predicted octanol–water partition coefficient (Wildman–Crippen LogP) is 3.94. The van der Waals surface area contributed by atoms with Gasteiger partial charge in [-0.2, -0.15) is 0 Å². The third-order valence-electron chi connectivity index (χ3n) is 4.08. The third kappa shape index (κ3) is 5.02. The zero-order chi connectivity index (χ0) is 19.3. The normalized spacial score (nSPS) is 10.5. The first-order valence-corrected chi connectivity index (χ1v) is 8.46. The van der Waals surface area contributed by atoms with Crippen LogP contribution in [0.4, 0.5) is 5.69 Å². The second-order valence-electron chi connectivity index (χ2n) is 6.52. The van der Waals surface area contributed by atoms with E-state index in [0.717, 1.165) is 11.1 Å². The van der Waals surface area contributed by atoms with Gasteiger partial charge in [-0.1, -0.05) is 26.0 Å². The molecule has 0 unspecified atom stereocenters. The lowest BCUT2D eigenvalue weighted by atomic mass is 10.0. The molecule has 0 spiro atoms. The van der Waals surface area contributed by atoms with E-state index < -0.39 is 5.97 Å². The molecule has 0 atom stereocenters. The van der Waals surface area contributed by atoms with Gasteiger partial charge in [0.15, 0.2) is 12.4 Å². The molecule has 2 aromatic carbocycles. The molecule has 0 aliphatic carbocycles. The van der Waals surface area contributed by atoms with Crippen molar-refractivity contribution in [1.82, 2.24) is 0 Å². The molecule has 26 heavy (non-hydrogen) atoms. The van der Waals surface area contributed by atoms with Crippen LogP contribution in [0.3, 0.4) is 0 Å². The van der Waals surface area contributed by atoms with Gasteiger partial charge in [0.2, 0.25) is 5.91 Å². The number of anilines is 1. The van der Waals surface area contributed by atoms with Crippen LogP contribution in [-0.2, 0) is 9.53 Å². The number of amides is 1. The summed E-state index contributed by atoms with van der Waals surface area (Å²) in [5, 5.41) is 2.74. The highest BCUT2D eigenvalue weighted by atomic mass is 16.5. The number of Topliss-reactive ketones (excluding diaryl/α,β-unsaturated/α-hetero) is 1. The summed E-state index contributed by atoms with van der Waals surface area (Å²) >= 11 is 0. The highest BCUT2D eigenvalue weighted by Gasteiger charge is 2.13. The fourth-order valence-electron chi connectivity index (χ4n) is 2.19. The van der Waals surface area contributed by atoms with Gasteiger partial charge < -0.3 is 10.1 Å². The fourth-order valence-corrected chi connectivity index (χ4v) is 2.19. The van der Waals surface area contributed by atoms with Crippen LogP contribution in [0.5, 0.6) is 0 Å². The van der Waals surface area contributed by atoms with Gasteiger partial charge in [-0.3, -0.25) is 9.59 Å². The summed E-state index contributed by atoms with van der Waals surface area (Å²) in [5.41, 5.74) is 3.56. The van der Waals surface area contributed by atoms with E-state index in [4.69, 9.17) is 4.74 Å². The van der Waals surface area contributed by atoms with Gasteiger partial charge in [-0.25, -0.2) is 4.79 Å². The van der Waals surface area contributed by atoms with Crippen molar-refractivity contribution in [1.29, 1.82) is 0 Å². The molecule has 0 aliphatic heterocycles. The number of carbonyl (C=O) groups excluding carboxylic acids is 3. The van der Waals surface area contributed by atoms with E-state index in [-0.39, 0.29) is 24.2 Å². The lowest BCUT2D eigenvalue weighted by Gasteiger charge is -2.09. The van der Waals surface area contributed by atoms with E-state index in [1.807, 2.05) is 19.9 Å². The number of aryl methyl sites for hydroxylation is 2. The van der Waals surface area contributed by atoms with Gasteiger partial charge in [0, 0.05) is 17.2 Å². The molecule has 0 saturated heterocycles. The Morgan fingerprint density at radius 2 is 1.54 bits per heavy atom. The van der Waals surface area contributed by atoms with Gasteiger partial charge in [0.1, 0.15) is 0 Å². The number of hydrogen-bond donors (Lipinski definition) is 1. The number of benzene rings is 2. The smallest absolute Gasteiger partial charge is 0.338 e. The molecule has 1 N–H and O–H groups in total. The van der Waals surface area contributed by atoms with Crippen molar-refractivity contribution in [3.63, 3.8) is 0 Å². The largest absolute Gasteiger partial charge is 0.454 e. The molecule has 0 radical (unpaired) electrons. The highest BCUT2D eigenvalue weighted by Crippen LogP contribution is 2.13. The molecule has 0 saturated carbocycles. The summed E-state index contributed by atoms with van der Waals surface area (Å²) < 4.78 is 5.10. The fraction of sp³-hybridized carbons (Fsp3) is 0.286. The molecule has 0 aliphatic rings. The Morgan fingerprint density at radius 1 is 0.923 bits per heavy atom. The molecular weight excluding hydrogens is 330 g/mol. The van der Waals surface area contributed by atoms with Crippen LogP contribution in [0.15, 0.2) is 42.5 Å². The first-order chi connectivity index (χ1) is 12.3. The van der Waals surface area contributed by atoms with E-state index in [9.17, 15) is 14.4 Å². The Hall–Kier alpha value is -2.95. The van der Waals surface area contributed by atoms with E-state index in [1.165, 1.54) is 0 Å². The maximum Gasteiger partial charge on any atom is 0.338 e. The molecule has 136 valence electrons. The molecule has 0 aromatic heterocycles. The SMILES string of the molecule is Cc1ccc(C(=O)COC(=O)c2ccc(NC(=O)C(C)C)cc2)cc1C. The Morgan fingerprint density at radius 3 is 2.12 bits per heavy atom. The zero-order valence-electron chi connectivity index (χ0n) is 15.5. The van der Waals surface area contributed by atoms with Gasteiger partial charge in [-0.05, 0) is 55.3 Å². The van der Waals surface area contributed by atoms with Crippen LogP contribution < -0.4 is 5.32 Å². The van der Waals surface area contributed by atoms with Gasteiger partial charge in [-0.15, -0.1) is 0 Å². The number of ketones is 1. The highest BCUT2D eigenvalue weighted by molar-refractivity contribution is 5.99.